The number of nitrogens with zero attached hydrogens (tertiary/aromatic N) is 3. The third kappa shape index (κ3) is 4.66. The number of sulfone groups is 1. The first-order valence-corrected chi connectivity index (χ1v) is 13.2. The van der Waals surface area contributed by atoms with E-state index in [1.807, 2.05) is 28.4 Å². The van der Waals surface area contributed by atoms with E-state index in [4.69, 9.17) is 28.9 Å². The van der Waals surface area contributed by atoms with Gasteiger partial charge in [-0.3, -0.25) is 5.32 Å². The molecule has 2 fully saturated rings. The number of aromatic nitrogens is 3. The third-order valence-electron chi connectivity index (χ3n) is 6.60. The van der Waals surface area contributed by atoms with Gasteiger partial charge in [-0.25, -0.2) is 13.1 Å². The van der Waals surface area contributed by atoms with Gasteiger partial charge < -0.3 is 4.57 Å². The van der Waals surface area contributed by atoms with Crippen LogP contribution in [0.5, 0.6) is 0 Å². The van der Waals surface area contributed by atoms with Gasteiger partial charge in [-0.1, -0.05) is 43.0 Å². The van der Waals surface area contributed by atoms with Crippen LogP contribution in [0.4, 0.5) is 0 Å². The minimum Gasteiger partial charge on any atom is -0.307 e. The fourth-order valence-electron chi connectivity index (χ4n) is 4.82. The maximum absolute atomic E-state index is 11.8. The molecule has 1 aliphatic carbocycles. The van der Waals surface area contributed by atoms with E-state index in [1.165, 1.54) is 24.8 Å². The minimum absolute atomic E-state index is 0.102. The second-order valence-electron chi connectivity index (χ2n) is 8.72. The molecule has 164 valence electrons. The van der Waals surface area contributed by atoms with Crippen LogP contribution in [0.25, 0.3) is 0 Å². The fraction of sp³-hybridized carbons (Fsp3) is 0.619. The molecule has 1 saturated carbocycles. The monoisotopic (exact) mass is 468 g/mol. The molecule has 0 radical (unpaired) electrons. The van der Waals surface area contributed by atoms with Gasteiger partial charge in [-0.05, 0) is 55.1 Å². The Kier molecular flexibility index (Phi) is 6.40. The fourth-order valence-corrected chi connectivity index (χ4v) is 7.02. The molecule has 1 aliphatic heterocycles. The van der Waals surface area contributed by atoms with Crippen LogP contribution in [0.3, 0.4) is 0 Å². The Labute approximate surface area is 188 Å². The van der Waals surface area contributed by atoms with Crippen LogP contribution < -0.4 is 5.32 Å². The molecule has 0 unspecified atom stereocenters. The lowest BCUT2D eigenvalue weighted by molar-refractivity contribution is 0.210. The first-order chi connectivity index (χ1) is 14.3. The number of nitrogens with one attached hydrogen (secondary N) is 1. The molecule has 0 bridgehead atoms. The zero-order valence-corrected chi connectivity index (χ0v) is 19.7. The lowest BCUT2D eigenvalue weighted by Gasteiger charge is -2.39. The van der Waals surface area contributed by atoms with Crippen LogP contribution >= 0.6 is 23.8 Å². The van der Waals surface area contributed by atoms with Gasteiger partial charge in [-0.2, -0.15) is 5.10 Å². The first-order valence-electron chi connectivity index (χ1n) is 10.6. The molecule has 9 heteroatoms. The Morgan fingerprint density at radius 3 is 2.57 bits per heavy atom. The van der Waals surface area contributed by atoms with Gasteiger partial charge >= 0.3 is 0 Å². The van der Waals surface area contributed by atoms with Crippen molar-refractivity contribution < 1.29 is 8.42 Å². The van der Waals surface area contributed by atoms with Crippen LogP contribution in [0.2, 0.25) is 5.02 Å². The molecule has 1 aromatic heterocycles. The summed E-state index contributed by atoms with van der Waals surface area (Å²) in [6.07, 6.45) is 7.13. The molecule has 2 aromatic rings. The molecular weight excluding hydrogens is 440 g/mol. The quantitative estimate of drug-likeness (QED) is 0.649. The van der Waals surface area contributed by atoms with Gasteiger partial charge in [0.05, 0.1) is 18.2 Å². The molecule has 1 N–H and O–H groups in total. The number of benzene rings is 1. The molecular formula is C21H29ClN4O2S2. The highest BCUT2D eigenvalue weighted by molar-refractivity contribution is 7.91. The SMILES string of the molecule is Cn1c(C[C@@H]2CCS(=O)(=O)C2)nn(CNC2(c3ccc(Cl)cc3)CCCCC2)c1=S. The standard InChI is InChI=1S/C21H29ClN4O2S2/c1-25-19(13-16-9-12-30(27,28)14-16)24-26(20(25)29)15-23-21(10-3-2-4-11-21)17-5-7-18(22)8-6-17/h5-8,16,23H,2-4,9-15H2,1H3/t16-/m0/s1. The van der Waals surface area contributed by atoms with Crippen molar-refractivity contribution in [2.45, 2.75) is 57.2 Å². The number of rotatable bonds is 6. The van der Waals surface area contributed by atoms with Gasteiger partial charge in [-0.15, -0.1) is 0 Å². The summed E-state index contributed by atoms with van der Waals surface area (Å²) < 4.78 is 28.0. The molecule has 4 rings (SSSR count). The predicted octanol–water partition coefficient (Wildman–Crippen LogP) is 3.99. The Hall–Kier alpha value is -1.22. The highest BCUT2D eigenvalue weighted by Crippen LogP contribution is 2.37. The Bertz CT molecular complexity index is 1050. The second kappa shape index (κ2) is 8.73. The van der Waals surface area contributed by atoms with Crippen molar-refractivity contribution >= 4 is 33.7 Å². The largest absolute Gasteiger partial charge is 0.307 e. The number of halogens is 1. The van der Waals surface area contributed by atoms with E-state index in [2.05, 4.69) is 17.4 Å². The van der Waals surface area contributed by atoms with Crippen LogP contribution in [0, 0.1) is 10.7 Å². The van der Waals surface area contributed by atoms with E-state index in [9.17, 15) is 8.42 Å². The van der Waals surface area contributed by atoms with Crippen molar-refractivity contribution in [2.24, 2.45) is 13.0 Å². The van der Waals surface area contributed by atoms with Crippen molar-refractivity contribution in [1.29, 1.82) is 0 Å². The molecule has 1 saturated heterocycles. The summed E-state index contributed by atoms with van der Waals surface area (Å²) in [4.78, 5) is 0. The molecule has 2 heterocycles. The zero-order valence-electron chi connectivity index (χ0n) is 17.3. The number of hydrogen-bond donors (Lipinski definition) is 1. The lowest BCUT2D eigenvalue weighted by Crippen LogP contribution is -2.45. The summed E-state index contributed by atoms with van der Waals surface area (Å²) in [7, 11) is -0.973. The van der Waals surface area contributed by atoms with Crippen molar-refractivity contribution in [3.8, 4) is 0 Å². The summed E-state index contributed by atoms with van der Waals surface area (Å²) in [5.41, 5.74) is 1.15. The van der Waals surface area contributed by atoms with E-state index in [0.29, 0.717) is 24.3 Å². The maximum Gasteiger partial charge on any atom is 0.198 e. The number of hydrogen-bond acceptors (Lipinski definition) is 5. The summed E-state index contributed by atoms with van der Waals surface area (Å²) in [6.45, 7) is 0.526. The summed E-state index contributed by atoms with van der Waals surface area (Å²) in [5.74, 6) is 1.53. The van der Waals surface area contributed by atoms with Gasteiger partial charge in [0.25, 0.3) is 0 Å². The first kappa shape index (κ1) is 22.0. The summed E-state index contributed by atoms with van der Waals surface area (Å²) >= 11 is 11.7. The molecule has 6 nitrogen and oxygen atoms in total. The Balaban J connectivity index is 1.52. The Morgan fingerprint density at radius 2 is 1.93 bits per heavy atom. The second-order valence-corrected chi connectivity index (χ2v) is 11.7. The summed E-state index contributed by atoms with van der Waals surface area (Å²) in [5, 5.41) is 9.24. The van der Waals surface area contributed by atoms with Crippen molar-refractivity contribution in [2.75, 3.05) is 11.5 Å². The maximum atomic E-state index is 11.8. The lowest BCUT2D eigenvalue weighted by atomic mass is 9.76. The van der Waals surface area contributed by atoms with E-state index in [-0.39, 0.29) is 23.0 Å². The van der Waals surface area contributed by atoms with Crippen LogP contribution in [0.15, 0.2) is 24.3 Å². The summed E-state index contributed by atoms with van der Waals surface area (Å²) in [6, 6.07) is 8.14. The highest BCUT2D eigenvalue weighted by atomic mass is 35.5. The van der Waals surface area contributed by atoms with E-state index in [1.54, 1.807) is 0 Å². The molecule has 1 aromatic carbocycles. The average Bonchev–Trinajstić information content (AvgIpc) is 3.21. The molecule has 0 amide bonds. The zero-order chi connectivity index (χ0) is 21.4. The predicted molar refractivity (Wildman–Crippen MR) is 122 cm³/mol. The van der Waals surface area contributed by atoms with Gasteiger partial charge in [0.2, 0.25) is 0 Å². The van der Waals surface area contributed by atoms with Crippen molar-refractivity contribution in [3.63, 3.8) is 0 Å². The van der Waals surface area contributed by atoms with E-state index < -0.39 is 9.84 Å². The smallest absolute Gasteiger partial charge is 0.198 e. The van der Waals surface area contributed by atoms with Crippen molar-refractivity contribution in [1.82, 2.24) is 19.7 Å². The van der Waals surface area contributed by atoms with Gasteiger partial charge in [0.1, 0.15) is 5.82 Å². The highest BCUT2D eigenvalue weighted by Gasteiger charge is 2.34. The van der Waals surface area contributed by atoms with Gasteiger partial charge in [0, 0.05) is 24.0 Å². The van der Waals surface area contributed by atoms with Crippen molar-refractivity contribution in [3.05, 3.63) is 45.4 Å². The van der Waals surface area contributed by atoms with Gasteiger partial charge in [0.15, 0.2) is 14.6 Å². The molecule has 0 spiro atoms. The minimum atomic E-state index is -2.89. The van der Waals surface area contributed by atoms with Crippen LogP contribution in [-0.4, -0.2) is 34.3 Å². The average molecular weight is 469 g/mol. The normalized spacial score (nSPS) is 22.9. The molecule has 2 aliphatic rings. The topological polar surface area (TPSA) is 68.9 Å². The Morgan fingerprint density at radius 1 is 1.23 bits per heavy atom. The van der Waals surface area contributed by atoms with Crippen LogP contribution in [0.1, 0.15) is 49.9 Å². The van der Waals surface area contributed by atoms with Crippen LogP contribution in [-0.2, 0) is 35.5 Å². The third-order valence-corrected chi connectivity index (χ3v) is 9.17. The molecule has 30 heavy (non-hydrogen) atoms. The van der Waals surface area contributed by atoms with E-state index in [0.717, 1.165) is 23.7 Å². The molecule has 1 atom stereocenters. The van der Waals surface area contributed by atoms with E-state index >= 15 is 0 Å².